The molecular formula is C31H44N2O3. The van der Waals surface area contributed by atoms with Crippen molar-refractivity contribution in [2.45, 2.75) is 59.3 Å². The molecule has 5 nitrogen and oxygen atoms in total. The zero-order valence-electron chi connectivity index (χ0n) is 23.9. The maximum Gasteiger partial charge on any atom is 0.123 e. The normalized spacial score (nSPS) is 11.3. The minimum atomic E-state index is -0.0693. The molecule has 0 unspecified atom stereocenters. The van der Waals surface area contributed by atoms with E-state index in [-0.39, 0.29) is 10.8 Å². The lowest BCUT2D eigenvalue weighted by atomic mass is 9.77. The number of nitrogens with zero attached hydrogens (tertiary/aromatic N) is 1. The Kier molecular flexibility index (Phi) is 9.31. The fourth-order valence-electron chi connectivity index (χ4n) is 4.22. The lowest BCUT2D eigenvalue weighted by Gasteiger charge is -2.32. The van der Waals surface area contributed by atoms with Crippen molar-refractivity contribution >= 4 is 17.1 Å². The lowest BCUT2D eigenvalue weighted by molar-refractivity contribution is 0.415. The third kappa shape index (κ3) is 7.33. The molecule has 3 rings (SSSR count). The minimum absolute atomic E-state index is 0.0669. The van der Waals surface area contributed by atoms with Gasteiger partial charge in [-0.1, -0.05) is 41.5 Å². The van der Waals surface area contributed by atoms with Crippen LogP contribution < -0.4 is 19.7 Å². The predicted octanol–water partition coefficient (Wildman–Crippen LogP) is 7.81. The van der Waals surface area contributed by atoms with Crippen LogP contribution in [-0.2, 0) is 10.8 Å². The predicted molar refractivity (Wildman–Crippen MR) is 154 cm³/mol. The molecule has 0 saturated heterocycles. The zero-order valence-corrected chi connectivity index (χ0v) is 23.9. The summed E-state index contributed by atoms with van der Waals surface area (Å²) in [5.74, 6) is 2.17. The average molecular weight is 493 g/mol. The monoisotopic (exact) mass is 492 g/mol. The van der Waals surface area contributed by atoms with Gasteiger partial charge in [0.05, 0.1) is 14.2 Å². The first-order valence-corrected chi connectivity index (χ1v) is 12.3. The van der Waals surface area contributed by atoms with Crippen molar-refractivity contribution in [3.63, 3.8) is 0 Å². The summed E-state index contributed by atoms with van der Waals surface area (Å²) in [7, 11) is 7.42. The van der Waals surface area contributed by atoms with Gasteiger partial charge in [0.1, 0.15) is 17.2 Å². The molecule has 0 aliphatic carbocycles. The van der Waals surface area contributed by atoms with Crippen molar-refractivity contribution in [1.82, 2.24) is 0 Å². The molecule has 0 heterocycles. The summed E-state index contributed by atoms with van der Waals surface area (Å²) in [6.07, 6.45) is 0. The molecule has 2 N–H and O–H groups in total. The highest BCUT2D eigenvalue weighted by atomic mass is 16.5. The van der Waals surface area contributed by atoms with Gasteiger partial charge >= 0.3 is 0 Å². The van der Waals surface area contributed by atoms with E-state index in [1.165, 1.54) is 11.3 Å². The summed E-state index contributed by atoms with van der Waals surface area (Å²) in [6, 6.07) is 17.7. The van der Waals surface area contributed by atoms with Gasteiger partial charge in [0.2, 0.25) is 0 Å². The second kappa shape index (κ2) is 11.6. The number of phenolic OH excluding ortho intramolecular Hbond substituents is 1. The first kappa shape index (κ1) is 28.9. The molecule has 0 spiro atoms. The van der Waals surface area contributed by atoms with Crippen LogP contribution in [0.15, 0.2) is 54.6 Å². The van der Waals surface area contributed by atoms with E-state index >= 15 is 0 Å². The van der Waals surface area contributed by atoms with Crippen molar-refractivity contribution < 1.29 is 14.6 Å². The van der Waals surface area contributed by atoms with Gasteiger partial charge in [-0.25, -0.2) is 0 Å². The van der Waals surface area contributed by atoms with Crippen LogP contribution in [0.3, 0.4) is 0 Å². The highest BCUT2D eigenvalue weighted by Gasteiger charge is 2.29. The summed E-state index contributed by atoms with van der Waals surface area (Å²) in [5, 5.41) is 14.0. The average Bonchev–Trinajstić information content (AvgIpc) is 2.78. The van der Waals surface area contributed by atoms with Gasteiger partial charge < -0.3 is 24.8 Å². The SMILES string of the molecule is COc1ccc(Nc2ccc(OC)cc2)cc1.Cc1c(N(C)C)cc(C(C)(C)C)c(O)c1C(C)(C)C. The fraction of sp³-hybridized carbons (Fsp3) is 0.419. The number of methoxy groups -OCH3 is 2. The largest absolute Gasteiger partial charge is 0.507 e. The van der Waals surface area contributed by atoms with Crippen LogP contribution in [0, 0.1) is 6.92 Å². The first-order valence-electron chi connectivity index (χ1n) is 12.3. The number of rotatable bonds is 5. The second-order valence-electron chi connectivity index (χ2n) is 11.3. The van der Waals surface area contributed by atoms with Crippen molar-refractivity contribution in [3.8, 4) is 17.2 Å². The Balaban J connectivity index is 0.000000255. The number of aromatic hydroxyl groups is 1. The van der Waals surface area contributed by atoms with Gasteiger partial charge in [-0.05, 0) is 77.9 Å². The van der Waals surface area contributed by atoms with Crippen LogP contribution in [0.4, 0.5) is 17.1 Å². The molecule has 0 bridgehead atoms. The zero-order chi connectivity index (χ0) is 27.3. The molecule has 196 valence electrons. The van der Waals surface area contributed by atoms with Crippen molar-refractivity contribution in [1.29, 1.82) is 0 Å². The lowest BCUT2D eigenvalue weighted by Crippen LogP contribution is -2.21. The van der Waals surface area contributed by atoms with Gasteiger partial charge in [-0.3, -0.25) is 0 Å². The molecule has 5 heteroatoms. The van der Waals surface area contributed by atoms with E-state index in [1.807, 2.05) is 48.5 Å². The highest BCUT2D eigenvalue weighted by molar-refractivity contribution is 5.65. The van der Waals surface area contributed by atoms with E-state index in [1.54, 1.807) is 14.2 Å². The van der Waals surface area contributed by atoms with Crippen LogP contribution in [-0.4, -0.2) is 33.4 Å². The summed E-state index contributed by atoms with van der Waals surface area (Å²) in [4.78, 5) is 2.12. The molecule has 0 aromatic heterocycles. The number of nitrogens with one attached hydrogen (secondary N) is 1. The summed E-state index contributed by atoms with van der Waals surface area (Å²) in [6.45, 7) is 15.0. The van der Waals surface area contributed by atoms with E-state index in [4.69, 9.17) is 9.47 Å². The van der Waals surface area contributed by atoms with Crippen LogP contribution >= 0.6 is 0 Å². The molecule has 0 aliphatic heterocycles. The third-order valence-corrected chi connectivity index (χ3v) is 6.04. The van der Waals surface area contributed by atoms with E-state index in [0.717, 1.165) is 34.0 Å². The molecule has 0 fully saturated rings. The molecule has 3 aromatic rings. The van der Waals surface area contributed by atoms with Crippen molar-refractivity contribution in [3.05, 3.63) is 71.3 Å². The van der Waals surface area contributed by atoms with E-state index in [0.29, 0.717) is 5.75 Å². The smallest absolute Gasteiger partial charge is 0.123 e. The number of ether oxygens (including phenoxy) is 2. The van der Waals surface area contributed by atoms with Gasteiger partial charge in [0.25, 0.3) is 0 Å². The molecule has 0 saturated carbocycles. The Morgan fingerprint density at radius 1 is 0.722 bits per heavy atom. The van der Waals surface area contributed by atoms with Crippen molar-refractivity contribution in [2.24, 2.45) is 0 Å². The second-order valence-corrected chi connectivity index (χ2v) is 11.3. The molecular weight excluding hydrogens is 448 g/mol. The van der Waals surface area contributed by atoms with Crippen LogP contribution in [0.5, 0.6) is 17.2 Å². The Morgan fingerprint density at radius 3 is 1.44 bits per heavy atom. The highest BCUT2D eigenvalue weighted by Crippen LogP contribution is 2.44. The number of hydrogen-bond acceptors (Lipinski definition) is 5. The standard InChI is InChI=1S/C17H29NO.C14H15NO2/c1-11-13(18(8)9)10-12(16(2,3)4)15(19)14(11)17(5,6)7;1-16-13-7-3-11(4-8-13)15-12-5-9-14(17-2)10-6-12/h10,19H,1-9H3;3-10,15H,1-2H3. The fourth-order valence-corrected chi connectivity index (χ4v) is 4.22. The number of benzene rings is 3. The van der Waals surface area contributed by atoms with Gasteiger partial charge in [-0.2, -0.15) is 0 Å². The number of phenols is 1. The summed E-state index contributed by atoms with van der Waals surface area (Å²) >= 11 is 0. The quantitative estimate of drug-likeness (QED) is 0.380. The van der Waals surface area contributed by atoms with E-state index in [9.17, 15) is 5.11 Å². The van der Waals surface area contributed by atoms with Crippen molar-refractivity contribution in [2.75, 3.05) is 38.5 Å². The number of anilines is 3. The van der Waals surface area contributed by atoms with E-state index in [2.05, 4.69) is 78.8 Å². The molecule has 0 amide bonds. The third-order valence-electron chi connectivity index (χ3n) is 6.04. The molecule has 36 heavy (non-hydrogen) atoms. The molecule has 0 aliphatic rings. The Labute approximate surface area is 218 Å². The summed E-state index contributed by atoms with van der Waals surface area (Å²) in [5.41, 5.74) is 6.35. The Bertz CT molecular complexity index is 1080. The Morgan fingerprint density at radius 2 is 1.14 bits per heavy atom. The maximum absolute atomic E-state index is 10.7. The van der Waals surface area contributed by atoms with Gasteiger partial charge in [0, 0.05) is 42.3 Å². The summed E-state index contributed by atoms with van der Waals surface area (Å²) < 4.78 is 10.2. The topological polar surface area (TPSA) is 54.0 Å². The van der Waals surface area contributed by atoms with Crippen LogP contribution in [0.1, 0.15) is 58.2 Å². The van der Waals surface area contributed by atoms with Crippen LogP contribution in [0.2, 0.25) is 0 Å². The Hall–Kier alpha value is -3.34. The molecule has 3 aromatic carbocycles. The van der Waals surface area contributed by atoms with Gasteiger partial charge in [-0.15, -0.1) is 0 Å². The first-order chi connectivity index (χ1) is 16.7. The van der Waals surface area contributed by atoms with E-state index < -0.39 is 0 Å². The van der Waals surface area contributed by atoms with Crippen LogP contribution in [0.25, 0.3) is 0 Å². The number of hydrogen-bond donors (Lipinski definition) is 2. The minimum Gasteiger partial charge on any atom is -0.507 e. The molecule has 0 atom stereocenters. The molecule has 0 radical (unpaired) electrons. The maximum atomic E-state index is 10.7. The van der Waals surface area contributed by atoms with Gasteiger partial charge in [0.15, 0.2) is 0 Å².